The predicted molar refractivity (Wildman–Crippen MR) is 173 cm³/mol. The Bertz CT molecular complexity index is 1670. The van der Waals surface area contributed by atoms with Crippen molar-refractivity contribution in [3.05, 3.63) is 125 Å². The Balaban J connectivity index is 1.80. The van der Waals surface area contributed by atoms with Crippen molar-refractivity contribution in [2.75, 3.05) is 24.5 Å². The van der Waals surface area contributed by atoms with E-state index in [0.29, 0.717) is 12.3 Å². The number of hydrogen-bond acceptors (Lipinski definition) is 5. The van der Waals surface area contributed by atoms with E-state index < -0.39 is 28.5 Å². The first kappa shape index (κ1) is 32.6. The lowest BCUT2D eigenvalue weighted by atomic mass is 10.0. The Morgan fingerprint density at radius 1 is 0.886 bits per heavy atom. The molecule has 0 saturated heterocycles. The van der Waals surface area contributed by atoms with Crippen LogP contribution in [-0.2, 0) is 32.6 Å². The number of nitrogens with one attached hydrogen (secondary N) is 1. The number of carbonyl (C=O) groups is 2. The molecule has 0 fully saturated rings. The van der Waals surface area contributed by atoms with Gasteiger partial charge in [-0.15, -0.1) is 0 Å². The van der Waals surface area contributed by atoms with Crippen LogP contribution in [0.4, 0.5) is 5.69 Å². The molecule has 8 nitrogen and oxygen atoms in total. The lowest BCUT2D eigenvalue weighted by Crippen LogP contribution is -2.53. The normalized spacial score (nSPS) is 11.8. The minimum Gasteiger partial charge on any atom is -0.495 e. The molecule has 4 aromatic rings. The van der Waals surface area contributed by atoms with Gasteiger partial charge in [0.15, 0.2) is 0 Å². The summed E-state index contributed by atoms with van der Waals surface area (Å²) in [6.07, 6.45) is 0.240. The molecule has 0 saturated carbocycles. The van der Waals surface area contributed by atoms with E-state index in [0.717, 1.165) is 21.0 Å². The van der Waals surface area contributed by atoms with Crippen LogP contribution in [0, 0.1) is 6.92 Å². The molecule has 230 valence electrons. The standard InChI is InChI=1S/C34H36ClN3O5S/c1-4-36-34(40)31(21-26-11-7-5-8-12-26)37(23-27-13-9-6-10-14-27)33(39)24-38(28-17-20-32(43-3)30(35)22-28)44(41,42)29-18-15-25(2)16-19-29/h5-20,22,31H,4,21,23-24H2,1-3H3,(H,36,40)/t31-/m1/s1. The van der Waals surface area contributed by atoms with E-state index in [1.807, 2.05) is 74.5 Å². The van der Waals surface area contributed by atoms with E-state index in [9.17, 15) is 18.0 Å². The Morgan fingerprint density at radius 2 is 1.50 bits per heavy atom. The number of hydrogen-bond donors (Lipinski definition) is 1. The van der Waals surface area contributed by atoms with Crippen LogP contribution in [0.2, 0.25) is 5.02 Å². The summed E-state index contributed by atoms with van der Waals surface area (Å²) in [4.78, 5) is 29.4. The van der Waals surface area contributed by atoms with Crippen LogP contribution in [0.3, 0.4) is 0 Å². The van der Waals surface area contributed by atoms with Crippen LogP contribution in [0.5, 0.6) is 5.75 Å². The number of ether oxygens (including phenoxy) is 1. The highest BCUT2D eigenvalue weighted by molar-refractivity contribution is 7.92. The Kier molecular flexibility index (Phi) is 11.0. The highest BCUT2D eigenvalue weighted by Crippen LogP contribution is 2.32. The predicted octanol–water partition coefficient (Wildman–Crippen LogP) is 5.63. The van der Waals surface area contributed by atoms with Crippen molar-refractivity contribution < 1.29 is 22.7 Å². The molecule has 0 radical (unpaired) electrons. The highest BCUT2D eigenvalue weighted by atomic mass is 35.5. The maximum Gasteiger partial charge on any atom is 0.264 e. The number of amides is 2. The summed E-state index contributed by atoms with van der Waals surface area (Å²) in [6.45, 7) is 3.56. The van der Waals surface area contributed by atoms with Crippen molar-refractivity contribution >= 4 is 39.1 Å². The number of rotatable bonds is 13. The largest absolute Gasteiger partial charge is 0.495 e. The molecular formula is C34H36ClN3O5S. The highest BCUT2D eigenvalue weighted by Gasteiger charge is 2.34. The molecule has 0 aliphatic carbocycles. The number of sulfonamides is 1. The average molecular weight is 634 g/mol. The van der Waals surface area contributed by atoms with Crippen LogP contribution in [0.15, 0.2) is 108 Å². The summed E-state index contributed by atoms with van der Waals surface area (Å²) >= 11 is 6.42. The lowest BCUT2D eigenvalue weighted by Gasteiger charge is -2.34. The Hall–Kier alpha value is -4.34. The second-order valence-electron chi connectivity index (χ2n) is 10.3. The molecule has 2 amide bonds. The number of methoxy groups -OCH3 is 1. The van der Waals surface area contributed by atoms with Crippen LogP contribution >= 0.6 is 11.6 Å². The molecular weight excluding hydrogens is 598 g/mol. The molecule has 0 aromatic heterocycles. The maximum atomic E-state index is 14.4. The van der Waals surface area contributed by atoms with Gasteiger partial charge in [0.1, 0.15) is 18.3 Å². The third-order valence-electron chi connectivity index (χ3n) is 7.13. The molecule has 0 bridgehead atoms. The van der Waals surface area contributed by atoms with Crippen molar-refractivity contribution in [2.45, 2.75) is 37.8 Å². The number of anilines is 1. The van der Waals surface area contributed by atoms with Crippen LogP contribution in [0.25, 0.3) is 0 Å². The van der Waals surface area contributed by atoms with E-state index in [1.54, 1.807) is 18.2 Å². The molecule has 1 atom stereocenters. The molecule has 10 heteroatoms. The number of likely N-dealkylation sites (N-methyl/N-ethyl adjacent to an activating group) is 1. The zero-order valence-corrected chi connectivity index (χ0v) is 26.5. The van der Waals surface area contributed by atoms with E-state index in [2.05, 4.69) is 5.32 Å². The number of carbonyl (C=O) groups excluding carboxylic acids is 2. The van der Waals surface area contributed by atoms with Crippen molar-refractivity contribution in [1.82, 2.24) is 10.2 Å². The maximum absolute atomic E-state index is 14.4. The van der Waals surface area contributed by atoms with Crippen molar-refractivity contribution in [3.63, 3.8) is 0 Å². The van der Waals surface area contributed by atoms with Gasteiger partial charge in [-0.3, -0.25) is 13.9 Å². The SMILES string of the molecule is CCNC(=O)[C@@H](Cc1ccccc1)N(Cc1ccccc1)C(=O)CN(c1ccc(OC)c(Cl)c1)S(=O)(=O)c1ccc(C)cc1. The topological polar surface area (TPSA) is 96.0 Å². The molecule has 1 N–H and O–H groups in total. The monoisotopic (exact) mass is 633 g/mol. The smallest absolute Gasteiger partial charge is 0.264 e. The van der Waals surface area contributed by atoms with E-state index in [-0.39, 0.29) is 34.5 Å². The second-order valence-corrected chi connectivity index (χ2v) is 12.5. The van der Waals surface area contributed by atoms with Gasteiger partial charge in [0.05, 0.1) is 22.7 Å². The first-order valence-corrected chi connectivity index (χ1v) is 16.0. The minimum atomic E-state index is -4.24. The van der Waals surface area contributed by atoms with Gasteiger partial charge in [-0.2, -0.15) is 0 Å². The van der Waals surface area contributed by atoms with Gasteiger partial charge in [-0.25, -0.2) is 8.42 Å². The van der Waals surface area contributed by atoms with Crippen molar-refractivity contribution in [2.24, 2.45) is 0 Å². The number of nitrogens with zero attached hydrogens (tertiary/aromatic N) is 2. The van der Waals surface area contributed by atoms with Gasteiger partial charge in [-0.1, -0.05) is 90.0 Å². The quantitative estimate of drug-likeness (QED) is 0.206. The van der Waals surface area contributed by atoms with E-state index in [1.165, 1.54) is 36.3 Å². The molecule has 0 heterocycles. The van der Waals surface area contributed by atoms with Gasteiger partial charge in [-0.05, 0) is 55.3 Å². The molecule has 0 aliphatic rings. The van der Waals surface area contributed by atoms with E-state index in [4.69, 9.17) is 16.3 Å². The molecule has 0 spiro atoms. The number of aryl methyl sites for hydroxylation is 1. The minimum absolute atomic E-state index is 0.0158. The van der Waals surface area contributed by atoms with Gasteiger partial charge in [0.25, 0.3) is 10.0 Å². The lowest BCUT2D eigenvalue weighted by molar-refractivity contribution is -0.140. The average Bonchev–Trinajstić information content (AvgIpc) is 3.02. The first-order valence-electron chi connectivity index (χ1n) is 14.2. The van der Waals surface area contributed by atoms with Gasteiger partial charge in [0.2, 0.25) is 11.8 Å². The number of benzene rings is 4. The summed E-state index contributed by atoms with van der Waals surface area (Å²) < 4.78 is 34.5. The van der Waals surface area contributed by atoms with Crippen LogP contribution < -0.4 is 14.4 Å². The second kappa shape index (κ2) is 14.9. The van der Waals surface area contributed by atoms with E-state index >= 15 is 0 Å². The fraction of sp³-hybridized carbons (Fsp3) is 0.235. The fourth-order valence-corrected chi connectivity index (χ4v) is 6.46. The molecule has 4 aromatic carbocycles. The molecule has 0 unspecified atom stereocenters. The fourth-order valence-electron chi connectivity index (χ4n) is 4.80. The summed E-state index contributed by atoms with van der Waals surface area (Å²) in [7, 11) is -2.78. The zero-order valence-electron chi connectivity index (χ0n) is 24.9. The molecule has 0 aliphatic heterocycles. The van der Waals surface area contributed by atoms with Crippen molar-refractivity contribution in [1.29, 1.82) is 0 Å². The van der Waals surface area contributed by atoms with Crippen LogP contribution in [0.1, 0.15) is 23.6 Å². The number of halogens is 1. The van der Waals surface area contributed by atoms with Crippen LogP contribution in [-0.4, -0.2) is 51.4 Å². The molecule has 44 heavy (non-hydrogen) atoms. The summed E-state index contributed by atoms with van der Waals surface area (Å²) in [5.41, 5.74) is 2.73. The van der Waals surface area contributed by atoms with Crippen molar-refractivity contribution in [3.8, 4) is 5.75 Å². The van der Waals surface area contributed by atoms with Gasteiger partial charge >= 0.3 is 0 Å². The third kappa shape index (κ3) is 7.98. The van der Waals surface area contributed by atoms with Gasteiger partial charge in [0, 0.05) is 19.5 Å². The molecule has 4 rings (SSSR count). The van der Waals surface area contributed by atoms with Gasteiger partial charge < -0.3 is 15.0 Å². The Labute approximate surface area is 264 Å². The first-order chi connectivity index (χ1) is 21.1. The third-order valence-corrected chi connectivity index (χ3v) is 9.21. The summed E-state index contributed by atoms with van der Waals surface area (Å²) in [5, 5.41) is 3.04. The Morgan fingerprint density at radius 3 is 2.07 bits per heavy atom. The summed E-state index contributed by atoms with van der Waals surface area (Å²) in [6, 6.07) is 28.7. The summed E-state index contributed by atoms with van der Waals surface area (Å²) in [5.74, 6) is -0.524. The zero-order chi connectivity index (χ0) is 31.7.